The van der Waals surface area contributed by atoms with Crippen molar-refractivity contribution in [3.05, 3.63) is 42.1 Å². The number of hydrogen-bond donors (Lipinski definition) is 1. The first-order valence-corrected chi connectivity index (χ1v) is 9.88. The van der Waals surface area contributed by atoms with E-state index >= 15 is 0 Å². The summed E-state index contributed by atoms with van der Waals surface area (Å²) >= 11 is 2.82. The maximum absolute atomic E-state index is 12.3. The minimum Gasteiger partial charge on any atom is -0.325 e. The summed E-state index contributed by atoms with van der Waals surface area (Å²) in [4.78, 5) is 22.2. The highest BCUT2D eigenvalue weighted by molar-refractivity contribution is 7.99. The fraction of sp³-hybridized carbons (Fsp3) is 0.176. The van der Waals surface area contributed by atoms with E-state index in [0.717, 1.165) is 32.2 Å². The Morgan fingerprint density at radius 1 is 1.33 bits per heavy atom. The number of nitrogens with zero attached hydrogens (tertiary/aromatic N) is 6. The van der Waals surface area contributed by atoms with E-state index in [1.54, 1.807) is 13.2 Å². The van der Waals surface area contributed by atoms with E-state index in [2.05, 4.69) is 30.8 Å². The first-order chi connectivity index (χ1) is 13.1. The highest BCUT2D eigenvalue weighted by atomic mass is 32.2. The quantitative estimate of drug-likeness (QED) is 0.517. The van der Waals surface area contributed by atoms with Crippen LogP contribution in [0.1, 0.15) is 5.56 Å². The van der Waals surface area contributed by atoms with Gasteiger partial charge in [0.05, 0.1) is 5.75 Å². The van der Waals surface area contributed by atoms with Crippen LogP contribution in [0.5, 0.6) is 0 Å². The Kier molecular flexibility index (Phi) is 4.82. The number of hydrogen-bond acceptors (Lipinski definition) is 8. The molecule has 4 aromatic rings. The molecular weight excluding hydrogens is 382 g/mol. The minimum atomic E-state index is -0.116. The van der Waals surface area contributed by atoms with Gasteiger partial charge in [-0.2, -0.15) is 0 Å². The third-order valence-corrected chi connectivity index (χ3v) is 5.88. The Morgan fingerprint density at radius 2 is 2.22 bits per heavy atom. The smallest absolute Gasteiger partial charge is 0.234 e. The van der Waals surface area contributed by atoms with Crippen molar-refractivity contribution in [2.75, 3.05) is 11.1 Å². The van der Waals surface area contributed by atoms with E-state index in [1.165, 1.54) is 27.8 Å². The van der Waals surface area contributed by atoms with Gasteiger partial charge in [0.2, 0.25) is 11.1 Å². The van der Waals surface area contributed by atoms with Crippen LogP contribution in [0.4, 0.5) is 5.69 Å². The molecule has 3 heterocycles. The van der Waals surface area contributed by atoms with Crippen molar-refractivity contribution in [1.29, 1.82) is 0 Å². The van der Waals surface area contributed by atoms with Crippen LogP contribution in [0.15, 0.2) is 41.7 Å². The molecule has 3 aromatic heterocycles. The zero-order chi connectivity index (χ0) is 18.8. The summed E-state index contributed by atoms with van der Waals surface area (Å²) in [6, 6.07) is 9.74. The highest BCUT2D eigenvalue weighted by Crippen LogP contribution is 2.31. The molecule has 0 aliphatic rings. The predicted molar refractivity (Wildman–Crippen MR) is 106 cm³/mol. The van der Waals surface area contributed by atoms with Gasteiger partial charge in [0.15, 0.2) is 0 Å². The topological polar surface area (TPSA) is 98.5 Å². The number of rotatable bonds is 5. The van der Waals surface area contributed by atoms with Crippen molar-refractivity contribution in [3.63, 3.8) is 0 Å². The molecule has 0 fully saturated rings. The number of thiazole rings is 1. The summed E-state index contributed by atoms with van der Waals surface area (Å²) in [5, 5.41) is 15.6. The predicted octanol–water partition coefficient (Wildman–Crippen LogP) is 2.92. The first kappa shape index (κ1) is 17.6. The number of amides is 1. The molecule has 0 aliphatic carbocycles. The van der Waals surface area contributed by atoms with Gasteiger partial charge >= 0.3 is 0 Å². The summed E-state index contributed by atoms with van der Waals surface area (Å²) < 4.78 is 1.53. The molecule has 0 saturated heterocycles. The van der Waals surface area contributed by atoms with Crippen molar-refractivity contribution in [2.24, 2.45) is 7.05 Å². The number of aryl methyl sites for hydroxylation is 2. The molecule has 0 bridgehead atoms. The molecule has 4 rings (SSSR count). The maximum atomic E-state index is 12.3. The van der Waals surface area contributed by atoms with Gasteiger partial charge in [-0.05, 0) is 41.1 Å². The Hall–Kier alpha value is -2.85. The standard InChI is InChI=1S/C17H15N7OS2/c1-10-5-6-11(15-20-12-4-3-7-18-16(12)27-15)8-13(10)19-14(25)9-26-17-21-22-23-24(17)2/h3-8H,9H2,1-2H3,(H,19,25). The third-order valence-electron chi connectivity index (χ3n) is 3.84. The fourth-order valence-corrected chi connectivity index (χ4v) is 4.00. The number of aromatic nitrogens is 6. The van der Waals surface area contributed by atoms with Crippen molar-refractivity contribution in [1.82, 2.24) is 30.2 Å². The van der Waals surface area contributed by atoms with Crippen LogP contribution in [0.25, 0.3) is 20.9 Å². The summed E-state index contributed by atoms with van der Waals surface area (Å²) in [6.45, 7) is 1.96. The molecule has 0 atom stereocenters. The van der Waals surface area contributed by atoms with Crippen molar-refractivity contribution in [3.8, 4) is 10.6 Å². The Bertz CT molecular complexity index is 1090. The number of tetrazole rings is 1. The van der Waals surface area contributed by atoms with Crippen LogP contribution in [0.2, 0.25) is 0 Å². The van der Waals surface area contributed by atoms with E-state index in [-0.39, 0.29) is 11.7 Å². The van der Waals surface area contributed by atoms with E-state index in [0.29, 0.717) is 5.16 Å². The monoisotopic (exact) mass is 397 g/mol. The summed E-state index contributed by atoms with van der Waals surface area (Å²) in [5.74, 6) is 0.109. The van der Waals surface area contributed by atoms with Gasteiger partial charge in [-0.1, -0.05) is 35.2 Å². The zero-order valence-electron chi connectivity index (χ0n) is 14.6. The molecule has 0 unspecified atom stereocenters. The van der Waals surface area contributed by atoms with Gasteiger partial charge in [0.1, 0.15) is 15.4 Å². The summed E-state index contributed by atoms with van der Waals surface area (Å²) in [5.41, 5.74) is 3.57. The molecule has 0 spiro atoms. The number of carbonyl (C=O) groups excluding carboxylic acids is 1. The highest BCUT2D eigenvalue weighted by Gasteiger charge is 2.12. The molecule has 27 heavy (non-hydrogen) atoms. The molecule has 0 saturated carbocycles. The zero-order valence-corrected chi connectivity index (χ0v) is 16.2. The fourth-order valence-electron chi connectivity index (χ4n) is 2.44. The van der Waals surface area contributed by atoms with Gasteiger partial charge in [0.25, 0.3) is 0 Å². The largest absolute Gasteiger partial charge is 0.325 e. The molecule has 10 heteroatoms. The SMILES string of the molecule is Cc1ccc(-c2nc3cccnc3s2)cc1NC(=O)CSc1nnnn1C. The third kappa shape index (κ3) is 3.81. The van der Waals surface area contributed by atoms with Crippen molar-refractivity contribution < 1.29 is 4.79 Å². The first-order valence-electron chi connectivity index (χ1n) is 8.08. The van der Waals surface area contributed by atoms with Crippen LogP contribution in [-0.4, -0.2) is 41.8 Å². The van der Waals surface area contributed by atoms with Crippen molar-refractivity contribution >= 4 is 45.0 Å². The molecule has 1 N–H and O–H groups in total. The molecule has 1 amide bonds. The van der Waals surface area contributed by atoms with Crippen LogP contribution in [-0.2, 0) is 11.8 Å². The van der Waals surface area contributed by atoms with Crippen LogP contribution in [0.3, 0.4) is 0 Å². The Morgan fingerprint density at radius 3 is 3.00 bits per heavy atom. The lowest BCUT2D eigenvalue weighted by molar-refractivity contribution is -0.113. The van der Waals surface area contributed by atoms with Crippen molar-refractivity contribution in [2.45, 2.75) is 12.1 Å². The van der Waals surface area contributed by atoms with E-state index in [4.69, 9.17) is 0 Å². The van der Waals surface area contributed by atoms with Gasteiger partial charge in [-0.3, -0.25) is 4.79 Å². The lowest BCUT2D eigenvalue weighted by Gasteiger charge is -2.09. The van der Waals surface area contributed by atoms with Gasteiger partial charge in [-0.15, -0.1) is 5.10 Å². The molecule has 1 aromatic carbocycles. The van der Waals surface area contributed by atoms with E-state index in [9.17, 15) is 4.79 Å². The van der Waals surface area contributed by atoms with Gasteiger partial charge in [0, 0.05) is 24.5 Å². The number of carbonyl (C=O) groups is 1. The molecule has 0 radical (unpaired) electrons. The number of benzene rings is 1. The second kappa shape index (κ2) is 7.41. The lowest BCUT2D eigenvalue weighted by Crippen LogP contribution is -2.15. The average Bonchev–Trinajstić information content (AvgIpc) is 3.27. The van der Waals surface area contributed by atoms with E-state index in [1.807, 2.05) is 37.3 Å². The van der Waals surface area contributed by atoms with Crippen LogP contribution >= 0.6 is 23.1 Å². The number of nitrogens with one attached hydrogen (secondary N) is 1. The second-order valence-corrected chi connectivity index (χ2v) is 7.72. The number of pyridine rings is 1. The lowest BCUT2D eigenvalue weighted by atomic mass is 10.1. The summed E-state index contributed by atoms with van der Waals surface area (Å²) in [6.07, 6.45) is 1.76. The molecule has 136 valence electrons. The van der Waals surface area contributed by atoms with Gasteiger partial charge in [-0.25, -0.2) is 14.6 Å². The molecular formula is C17H15N7OS2. The maximum Gasteiger partial charge on any atom is 0.234 e. The molecule has 0 aliphatic heterocycles. The normalized spacial score (nSPS) is 11.0. The Balaban J connectivity index is 1.51. The Labute approximate surface area is 163 Å². The minimum absolute atomic E-state index is 0.116. The van der Waals surface area contributed by atoms with Crippen LogP contribution < -0.4 is 5.32 Å². The number of anilines is 1. The average molecular weight is 397 g/mol. The van der Waals surface area contributed by atoms with Gasteiger partial charge < -0.3 is 5.32 Å². The number of thioether (sulfide) groups is 1. The summed E-state index contributed by atoms with van der Waals surface area (Å²) in [7, 11) is 1.74. The van der Waals surface area contributed by atoms with E-state index < -0.39 is 0 Å². The number of fused-ring (bicyclic) bond motifs is 1. The van der Waals surface area contributed by atoms with Crippen LogP contribution in [0, 0.1) is 6.92 Å². The molecule has 8 nitrogen and oxygen atoms in total. The second-order valence-electron chi connectivity index (χ2n) is 5.80.